The first-order chi connectivity index (χ1) is 9.23. The van der Waals surface area contributed by atoms with Gasteiger partial charge in [-0.25, -0.2) is 0 Å². The van der Waals surface area contributed by atoms with Gasteiger partial charge in [0.05, 0.1) is 0 Å². The molecular formula is C16H21NO3. The van der Waals surface area contributed by atoms with E-state index in [9.17, 15) is 14.7 Å². The highest BCUT2D eigenvalue weighted by atomic mass is 16.4. The van der Waals surface area contributed by atoms with Crippen LogP contribution in [-0.4, -0.2) is 23.0 Å². The van der Waals surface area contributed by atoms with E-state index in [2.05, 4.69) is 0 Å². The van der Waals surface area contributed by atoms with Crippen molar-refractivity contribution < 1.29 is 14.7 Å². The number of para-hydroxylation sites is 1. The van der Waals surface area contributed by atoms with Crippen LogP contribution in [-0.2, 0) is 16.0 Å². The Morgan fingerprint density at radius 1 is 1.30 bits per heavy atom. The fourth-order valence-corrected chi connectivity index (χ4v) is 2.89. The molecule has 0 spiro atoms. The third kappa shape index (κ3) is 2.42. The maximum absolute atomic E-state index is 12.8. The van der Waals surface area contributed by atoms with Crippen molar-refractivity contribution in [2.75, 3.05) is 4.90 Å². The van der Waals surface area contributed by atoms with Gasteiger partial charge < -0.3 is 10.0 Å². The molecule has 2 unspecified atom stereocenters. The van der Waals surface area contributed by atoms with E-state index >= 15 is 0 Å². The van der Waals surface area contributed by atoms with Crippen molar-refractivity contribution in [2.24, 2.45) is 11.3 Å². The molecule has 0 saturated carbocycles. The normalized spacial score (nSPS) is 19.6. The number of carboxylic acid groups (broad SMARTS) is 1. The minimum atomic E-state index is -1.06. The summed E-state index contributed by atoms with van der Waals surface area (Å²) < 4.78 is 0. The molecule has 20 heavy (non-hydrogen) atoms. The average Bonchev–Trinajstić information content (AvgIpc) is 2.61. The van der Waals surface area contributed by atoms with E-state index in [1.165, 1.54) is 0 Å². The summed E-state index contributed by atoms with van der Waals surface area (Å²) in [4.78, 5) is 25.9. The fraction of sp³-hybridized carbons (Fsp3) is 0.500. The zero-order valence-electron chi connectivity index (χ0n) is 12.4. The molecule has 2 atom stereocenters. The molecule has 108 valence electrons. The lowest BCUT2D eigenvalue weighted by molar-refractivity contribution is -0.150. The van der Waals surface area contributed by atoms with Gasteiger partial charge in [-0.05, 0) is 30.4 Å². The van der Waals surface area contributed by atoms with Crippen LogP contribution >= 0.6 is 0 Å². The van der Waals surface area contributed by atoms with E-state index in [1.807, 2.05) is 31.2 Å². The summed E-state index contributed by atoms with van der Waals surface area (Å²) in [7, 11) is 0. The summed E-state index contributed by atoms with van der Waals surface area (Å²) in [5, 5.41) is 9.43. The van der Waals surface area contributed by atoms with Crippen molar-refractivity contribution in [3.63, 3.8) is 0 Å². The Labute approximate surface area is 119 Å². The summed E-state index contributed by atoms with van der Waals surface area (Å²) in [6.07, 6.45) is 0.776. The molecular weight excluding hydrogens is 254 g/mol. The predicted octanol–water partition coefficient (Wildman–Crippen LogP) is 2.71. The summed E-state index contributed by atoms with van der Waals surface area (Å²) in [5.74, 6) is -2.40. The lowest BCUT2D eigenvalue weighted by Gasteiger charge is -2.32. The first-order valence-corrected chi connectivity index (χ1v) is 6.87. The molecule has 1 aliphatic heterocycles. The SMILES string of the molecule is CC1Cc2ccccc2N1C(=O)C(C(=O)O)C(C)(C)C. The monoisotopic (exact) mass is 275 g/mol. The fourth-order valence-electron chi connectivity index (χ4n) is 2.89. The number of hydrogen-bond donors (Lipinski definition) is 1. The molecule has 0 fully saturated rings. The van der Waals surface area contributed by atoms with Gasteiger partial charge in [0.25, 0.3) is 0 Å². The lowest BCUT2D eigenvalue weighted by atomic mass is 9.79. The van der Waals surface area contributed by atoms with E-state index < -0.39 is 17.3 Å². The molecule has 0 aliphatic carbocycles. The van der Waals surface area contributed by atoms with Crippen LogP contribution in [0.1, 0.15) is 33.3 Å². The van der Waals surface area contributed by atoms with Crippen LogP contribution in [0.3, 0.4) is 0 Å². The number of benzene rings is 1. The molecule has 1 N–H and O–H groups in total. The summed E-state index contributed by atoms with van der Waals surface area (Å²) in [6, 6.07) is 7.70. The second-order valence-corrected chi connectivity index (χ2v) is 6.53. The van der Waals surface area contributed by atoms with Crippen LogP contribution in [0.2, 0.25) is 0 Å². The number of carbonyl (C=O) groups excluding carboxylic acids is 1. The highest BCUT2D eigenvalue weighted by Gasteiger charge is 2.43. The predicted molar refractivity (Wildman–Crippen MR) is 77.7 cm³/mol. The second-order valence-electron chi connectivity index (χ2n) is 6.53. The van der Waals surface area contributed by atoms with Crippen molar-refractivity contribution in [3.8, 4) is 0 Å². The highest BCUT2D eigenvalue weighted by molar-refractivity contribution is 6.07. The third-order valence-corrected chi connectivity index (χ3v) is 3.80. The van der Waals surface area contributed by atoms with Gasteiger partial charge in [-0.15, -0.1) is 0 Å². The average molecular weight is 275 g/mol. The Morgan fingerprint density at radius 3 is 2.45 bits per heavy atom. The van der Waals surface area contributed by atoms with Gasteiger partial charge in [-0.3, -0.25) is 9.59 Å². The van der Waals surface area contributed by atoms with E-state index in [1.54, 1.807) is 25.7 Å². The molecule has 1 amide bonds. The maximum atomic E-state index is 12.8. The number of fused-ring (bicyclic) bond motifs is 1. The Balaban J connectivity index is 2.40. The van der Waals surface area contributed by atoms with E-state index in [4.69, 9.17) is 0 Å². The third-order valence-electron chi connectivity index (χ3n) is 3.80. The number of hydrogen-bond acceptors (Lipinski definition) is 2. The smallest absolute Gasteiger partial charge is 0.316 e. The first-order valence-electron chi connectivity index (χ1n) is 6.87. The molecule has 0 aromatic heterocycles. The topological polar surface area (TPSA) is 57.6 Å². The molecule has 1 aliphatic rings. The van der Waals surface area contributed by atoms with Gasteiger partial charge in [0, 0.05) is 11.7 Å². The number of aliphatic carboxylic acids is 1. The quantitative estimate of drug-likeness (QED) is 0.844. The number of carboxylic acids is 1. The van der Waals surface area contributed by atoms with Gasteiger partial charge in [-0.2, -0.15) is 0 Å². The van der Waals surface area contributed by atoms with Crippen LogP contribution in [0.25, 0.3) is 0 Å². The first kappa shape index (κ1) is 14.6. The molecule has 0 saturated heterocycles. The van der Waals surface area contributed by atoms with Crippen molar-refractivity contribution >= 4 is 17.6 Å². The van der Waals surface area contributed by atoms with Crippen molar-refractivity contribution in [1.29, 1.82) is 0 Å². The van der Waals surface area contributed by atoms with Crippen molar-refractivity contribution in [2.45, 2.75) is 40.2 Å². The van der Waals surface area contributed by atoms with Crippen molar-refractivity contribution in [3.05, 3.63) is 29.8 Å². The number of amides is 1. The number of nitrogens with zero attached hydrogens (tertiary/aromatic N) is 1. The van der Waals surface area contributed by atoms with Crippen LogP contribution in [0.5, 0.6) is 0 Å². The molecule has 4 heteroatoms. The Kier molecular flexibility index (Phi) is 3.59. The van der Waals surface area contributed by atoms with Crippen LogP contribution in [0, 0.1) is 11.3 Å². The van der Waals surface area contributed by atoms with Crippen molar-refractivity contribution in [1.82, 2.24) is 0 Å². The van der Waals surface area contributed by atoms with Crippen LogP contribution < -0.4 is 4.90 Å². The minimum Gasteiger partial charge on any atom is -0.481 e. The number of carbonyl (C=O) groups is 2. The van der Waals surface area contributed by atoms with Gasteiger partial charge in [0.1, 0.15) is 5.92 Å². The minimum absolute atomic E-state index is 0.00380. The highest BCUT2D eigenvalue weighted by Crippen LogP contribution is 2.36. The van der Waals surface area contributed by atoms with Crippen LogP contribution in [0.15, 0.2) is 24.3 Å². The Bertz CT molecular complexity index is 545. The number of rotatable bonds is 2. The Hall–Kier alpha value is -1.84. The van der Waals surface area contributed by atoms with Gasteiger partial charge in [0.15, 0.2) is 0 Å². The molecule has 1 aromatic carbocycles. The van der Waals surface area contributed by atoms with E-state index in [0.29, 0.717) is 0 Å². The number of anilines is 1. The lowest BCUT2D eigenvalue weighted by Crippen LogP contribution is -2.47. The zero-order chi connectivity index (χ0) is 15.1. The maximum Gasteiger partial charge on any atom is 0.316 e. The summed E-state index contributed by atoms with van der Waals surface area (Å²) in [6.45, 7) is 7.32. The molecule has 1 heterocycles. The molecule has 0 radical (unpaired) electrons. The summed E-state index contributed by atoms with van der Waals surface area (Å²) >= 11 is 0. The van der Waals surface area contributed by atoms with E-state index in [0.717, 1.165) is 17.7 Å². The zero-order valence-corrected chi connectivity index (χ0v) is 12.4. The molecule has 0 bridgehead atoms. The second kappa shape index (κ2) is 4.93. The van der Waals surface area contributed by atoms with Gasteiger partial charge in [-0.1, -0.05) is 39.0 Å². The van der Waals surface area contributed by atoms with E-state index in [-0.39, 0.29) is 11.9 Å². The largest absolute Gasteiger partial charge is 0.481 e. The molecule has 1 aromatic rings. The molecule has 4 nitrogen and oxygen atoms in total. The van der Waals surface area contributed by atoms with Crippen LogP contribution in [0.4, 0.5) is 5.69 Å². The van der Waals surface area contributed by atoms with Gasteiger partial charge in [0.2, 0.25) is 5.91 Å². The summed E-state index contributed by atoms with van der Waals surface area (Å²) in [5.41, 5.74) is 1.34. The van der Waals surface area contributed by atoms with Gasteiger partial charge >= 0.3 is 5.97 Å². The molecule has 2 rings (SSSR count). The standard InChI is InChI=1S/C16H21NO3/c1-10-9-11-7-5-6-8-12(11)17(10)14(18)13(15(19)20)16(2,3)4/h5-8,10,13H,9H2,1-4H3,(H,19,20). The Morgan fingerprint density at radius 2 is 1.90 bits per heavy atom.